The van der Waals surface area contributed by atoms with Gasteiger partial charge in [0.25, 0.3) is 0 Å². The molecule has 0 unspecified atom stereocenters. The number of aryl methyl sites for hydroxylation is 1. The lowest BCUT2D eigenvalue weighted by molar-refractivity contribution is -0.145. The molecule has 2 fully saturated rings. The number of fused-ring (bicyclic) bond motifs is 1. The molecule has 5 nitrogen and oxygen atoms in total. The molecule has 0 spiro atoms. The molecule has 2 heterocycles. The standard InChI is InChI=1S/C24H24FNO4/c1-13-8-17(2-4-20(13)25)26-21-5-3-18(27)11-19(21)22(15-9-16(10-15)24(28)29)23(26)14-6-7-30-12-14/h2-5,8,11,14-16,27H,6-7,9-10,12H2,1H3,(H,28,29)/t14-,15?,16?/m1/s1. The lowest BCUT2D eigenvalue weighted by atomic mass is 9.70. The SMILES string of the molecule is Cc1cc(-n2c([C@@H]3CCOC3)c(C3CC(C(=O)O)C3)c3cc(O)ccc32)ccc1F. The van der Waals surface area contributed by atoms with E-state index in [0.717, 1.165) is 34.3 Å². The van der Waals surface area contributed by atoms with E-state index in [4.69, 9.17) is 4.74 Å². The van der Waals surface area contributed by atoms with Crippen LogP contribution in [-0.4, -0.2) is 34.0 Å². The van der Waals surface area contributed by atoms with Gasteiger partial charge in [-0.15, -0.1) is 0 Å². The number of carbonyl (C=O) groups is 1. The highest BCUT2D eigenvalue weighted by Gasteiger charge is 2.40. The lowest BCUT2D eigenvalue weighted by Crippen LogP contribution is -2.29. The Kier molecular flexibility index (Phi) is 4.54. The maximum atomic E-state index is 14.0. The third kappa shape index (κ3) is 2.98. The molecule has 2 N–H and O–H groups in total. The predicted molar refractivity (Wildman–Crippen MR) is 111 cm³/mol. The summed E-state index contributed by atoms with van der Waals surface area (Å²) in [5.74, 6) is -0.858. The van der Waals surface area contributed by atoms with E-state index in [0.29, 0.717) is 31.6 Å². The van der Waals surface area contributed by atoms with Crippen molar-refractivity contribution in [3.05, 3.63) is 59.0 Å². The first-order chi connectivity index (χ1) is 14.4. The minimum Gasteiger partial charge on any atom is -0.508 e. The number of aromatic hydroxyl groups is 1. The number of aromatic nitrogens is 1. The Bertz CT molecular complexity index is 1140. The number of ether oxygens (including phenoxy) is 1. The van der Waals surface area contributed by atoms with E-state index in [1.165, 1.54) is 6.07 Å². The molecular formula is C24H24FNO4. The molecule has 5 rings (SSSR count). The number of hydrogen-bond acceptors (Lipinski definition) is 3. The van der Waals surface area contributed by atoms with Crippen LogP contribution in [0.2, 0.25) is 0 Å². The topological polar surface area (TPSA) is 71.7 Å². The summed E-state index contributed by atoms with van der Waals surface area (Å²) in [5, 5.41) is 20.5. The van der Waals surface area contributed by atoms with Gasteiger partial charge in [0.15, 0.2) is 0 Å². The number of halogens is 1. The van der Waals surface area contributed by atoms with Crippen molar-refractivity contribution in [1.82, 2.24) is 4.57 Å². The fraction of sp³-hybridized carbons (Fsp3) is 0.375. The van der Waals surface area contributed by atoms with Crippen molar-refractivity contribution < 1.29 is 24.1 Å². The largest absolute Gasteiger partial charge is 0.508 e. The van der Waals surface area contributed by atoms with Crippen molar-refractivity contribution in [3.63, 3.8) is 0 Å². The minimum atomic E-state index is -0.752. The second-order valence-electron chi connectivity index (χ2n) is 8.53. The van der Waals surface area contributed by atoms with Gasteiger partial charge in [0.1, 0.15) is 11.6 Å². The summed E-state index contributed by atoms with van der Waals surface area (Å²) in [4.78, 5) is 11.4. The van der Waals surface area contributed by atoms with Crippen LogP contribution in [-0.2, 0) is 9.53 Å². The third-order valence-corrected chi connectivity index (χ3v) is 6.64. The molecule has 1 aliphatic heterocycles. The van der Waals surface area contributed by atoms with Gasteiger partial charge in [-0.05, 0) is 79.6 Å². The molecule has 0 amide bonds. The number of hydrogen-bond donors (Lipinski definition) is 2. The third-order valence-electron chi connectivity index (χ3n) is 6.64. The van der Waals surface area contributed by atoms with Gasteiger partial charge < -0.3 is 19.5 Å². The number of rotatable bonds is 4. The monoisotopic (exact) mass is 409 g/mol. The van der Waals surface area contributed by atoms with E-state index in [9.17, 15) is 19.4 Å². The summed E-state index contributed by atoms with van der Waals surface area (Å²) in [6.45, 7) is 3.03. The van der Waals surface area contributed by atoms with E-state index in [2.05, 4.69) is 4.57 Å². The van der Waals surface area contributed by atoms with Crippen LogP contribution in [0.5, 0.6) is 5.75 Å². The van der Waals surface area contributed by atoms with Gasteiger partial charge in [-0.2, -0.15) is 0 Å². The summed E-state index contributed by atoms with van der Waals surface area (Å²) < 4.78 is 21.8. The van der Waals surface area contributed by atoms with Gasteiger partial charge in [-0.25, -0.2) is 4.39 Å². The normalized spacial score (nSPS) is 23.6. The molecule has 1 saturated heterocycles. The summed E-state index contributed by atoms with van der Waals surface area (Å²) in [6, 6.07) is 10.4. The molecule has 2 aromatic carbocycles. The average molecular weight is 409 g/mol. The zero-order valence-corrected chi connectivity index (χ0v) is 16.8. The fourth-order valence-electron chi connectivity index (χ4n) is 5.01. The first kappa shape index (κ1) is 19.1. The summed E-state index contributed by atoms with van der Waals surface area (Å²) in [6.07, 6.45) is 2.06. The van der Waals surface area contributed by atoms with Crippen LogP contribution in [0.25, 0.3) is 16.6 Å². The summed E-state index contributed by atoms with van der Waals surface area (Å²) in [7, 11) is 0. The number of nitrogens with zero attached hydrogens (tertiary/aromatic N) is 1. The summed E-state index contributed by atoms with van der Waals surface area (Å²) in [5.41, 5.74) is 4.59. The van der Waals surface area contributed by atoms with Crippen LogP contribution in [0.3, 0.4) is 0 Å². The average Bonchev–Trinajstić information content (AvgIpc) is 3.29. The van der Waals surface area contributed by atoms with E-state index in [1.54, 1.807) is 25.1 Å². The maximum Gasteiger partial charge on any atom is 0.306 e. The second kappa shape index (κ2) is 7.13. The van der Waals surface area contributed by atoms with Gasteiger partial charge >= 0.3 is 5.97 Å². The van der Waals surface area contributed by atoms with Gasteiger partial charge in [-0.1, -0.05) is 0 Å². The molecule has 6 heteroatoms. The van der Waals surface area contributed by atoms with E-state index in [1.807, 2.05) is 12.1 Å². The highest BCUT2D eigenvalue weighted by atomic mass is 19.1. The van der Waals surface area contributed by atoms with Crippen molar-refractivity contribution >= 4 is 16.9 Å². The molecule has 1 aliphatic carbocycles. The highest BCUT2D eigenvalue weighted by molar-refractivity contribution is 5.90. The Morgan fingerprint density at radius 3 is 2.63 bits per heavy atom. The van der Waals surface area contributed by atoms with E-state index >= 15 is 0 Å². The quantitative estimate of drug-likeness (QED) is 0.645. The van der Waals surface area contributed by atoms with Crippen molar-refractivity contribution in [3.8, 4) is 11.4 Å². The Hall–Kier alpha value is -2.86. The molecule has 0 radical (unpaired) electrons. The molecule has 1 saturated carbocycles. The highest BCUT2D eigenvalue weighted by Crippen LogP contribution is 2.50. The number of carboxylic acids is 1. The molecule has 156 valence electrons. The summed E-state index contributed by atoms with van der Waals surface area (Å²) >= 11 is 0. The number of phenols is 1. The van der Waals surface area contributed by atoms with Crippen LogP contribution in [0, 0.1) is 18.7 Å². The number of phenolic OH excluding ortho intramolecular Hbond substituents is 1. The Balaban J connectivity index is 1.76. The van der Waals surface area contributed by atoms with Crippen molar-refractivity contribution in [2.75, 3.05) is 13.2 Å². The van der Waals surface area contributed by atoms with Crippen LogP contribution < -0.4 is 0 Å². The van der Waals surface area contributed by atoms with Gasteiger partial charge in [0.2, 0.25) is 0 Å². The minimum absolute atomic E-state index is 0.119. The van der Waals surface area contributed by atoms with Crippen molar-refractivity contribution in [2.45, 2.75) is 38.0 Å². The maximum absolute atomic E-state index is 14.0. The molecule has 0 bridgehead atoms. The molecule has 3 aromatic rings. The number of benzene rings is 2. The lowest BCUT2D eigenvalue weighted by Gasteiger charge is -2.34. The van der Waals surface area contributed by atoms with Crippen LogP contribution in [0.1, 0.15) is 47.9 Å². The molecule has 30 heavy (non-hydrogen) atoms. The molecule has 1 atom stereocenters. The van der Waals surface area contributed by atoms with Crippen LogP contribution >= 0.6 is 0 Å². The van der Waals surface area contributed by atoms with Crippen LogP contribution in [0.4, 0.5) is 4.39 Å². The molecule has 1 aromatic heterocycles. The Morgan fingerprint density at radius 1 is 1.17 bits per heavy atom. The van der Waals surface area contributed by atoms with Crippen LogP contribution in [0.15, 0.2) is 36.4 Å². The first-order valence-electron chi connectivity index (χ1n) is 10.4. The zero-order valence-electron chi connectivity index (χ0n) is 16.8. The predicted octanol–water partition coefficient (Wildman–Crippen LogP) is 4.87. The fourth-order valence-corrected chi connectivity index (χ4v) is 5.01. The van der Waals surface area contributed by atoms with Gasteiger partial charge in [0.05, 0.1) is 18.0 Å². The van der Waals surface area contributed by atoms with E-state index in [-0.39, 0.29) is 29.3 Å². The Labute approximate surface area is 173 Å². The van der Waals surface area contributed by atoms with Crippen molar-refractivity contribution in [1.29, 1.82) is 0 Å². The zero-order chi connectivity index (χ0) is 21.0. The smallest absolute Gasteiger partial charge is 0.306 e. The number of aliphatic carboxylic acids is 1. The molecular weight excluding hydrogens is 385 g/mol. The first-order valence-corrected chi connectivity index (χ1v) is 10.4. The van der Waals surface area contributed by atoms with Gasteiger partial charge in [-0.3, -0.25) is 4.79 Å². The molecule has 2 aliphatic rings. The number of carboxylic acid groups (broad SMARTS) is 1. The van der Waals surface area contributed by atoms with Gasteiger partial charge in [0, 0.05) is 29.3 Å². The Morgan fingerprint density at radius 2 is 1.97 bits per heavy atom. The second-order valence-corrected chi connectivity index (χ2v) is 8.53. The van der Waals surface area contributed by atoms with Crippen molar-refractivity contribution in [2.24, 2.45) is 5.92 Å². The van der Waals surface area contributed by atoms with E-state index < -0.39 is 5.97 Å².